The van der Waals surface area contributed by atoms with Crippen LogP contribution in [0, 0.1) is 17.8 Å². The lowest BCUT2D eigenvalue weighted by atomic mass is 9.72. The van der Waals surface area contributed by atoms with Crippen LogP contribution in [0.15, 0.2) is 0 Å². The summed E-state index contributed by atoms with van der Waals surface area (Å²) in [7, 11) is 0. The van der Waals surface area contributed by atoms with Gasteiger partial charge < -0.3 is 4.74 Å². The predicted molar refractivity (Wildman–Crippen MR) is 77.4 cm³/mol. The average molecular weight is 350 g/mol. The quantitative estimate of drug-likeness (QED) is 0.521. The van der Waals surface area contributed by atoms with Gasteiger partial charge >= 0.3 is 3.98 Å². The highest BCUT2D eigenvalue weighted by atomic mass is 127. The fraction of sp³-hybridized carbons (Fsp3) is 0.929. The van der Waals surface area contributed by atoms with Crippen LogP contribution in [0.4, 0.5) is 4.79 Å². The summed E-state index contributed by atoms with van der Waals surface area (Å²) in [6.45, 7) is 4.43. The van der Waals surface area contributed by atoms with Gasteiger partial charge in [-0.3, -0.25) is 0 Å². The minimum absolute atomic E-state index is 0.125. The summed E-state index contributed by atoms with van der Waals surface area (Å²) in [6, 6.07) is 0. The third-order valence-corrected chi connectivity index (χ3v) is 5.13. The molecule has 0 N–H and O–H groups in total. The van der Waals surface area contributed by atoms with E-state index in [4.69, 9.17) is 4.74 Å². The number of halogens is 1. The summed E-state index contributed by atoms with van der Waals surface area (Å²) in [4.78, 5) is 11.5. The Morgan fingerprint density at radius 3 is 2.71 bits per heavy atom. The molecule has 2 nitrogen and oxygen atoms in total. The van der Waals surface area contributed by atoms with Gasteiger partial charge in [-0.15, -0.1) is 0 Å². The van der Waals surface area contributed by atoms with Crippen molar-refractivity contribution in [1.82, 2.24) is 0 Å². The van der Waals surface area contributed by atoms with Crippen LogP contribution in [0.5, 0.6) is 0 Å². The fourth-order valence-corrected chi connectivity index (χ4v) is 4.39. The number of hydrogen-bond donors (Lipinski definition) is 0. The van der Waals surface area contributed by atoms with Crippen molar-refractivity contribution in [3.63, 3.8) is 0 Å². The van der Waals surface area contributed by atoms with E-state index in [1.807, 2.05) is 0 Å². The molecule has 0 aromatic heterocycles. The van der Waals surface area contributed by atoms with Gasteiger partial charge in [0.15, 0.2) is 0 Å². The van der Waals surface area contributed by atoms with Crippen molar-refractivity contribution in [2.75, 3.05) is 0 Å². The third kappa shape index (κ3) is 2.79. The van der Waals surface area contributed by atoms with E-state index in [2.05, 4.69) is 13.8 Å². The van der Waals surface area contributed by atoms with Gasteiger partial charge in [0, 0.05) is 0 Å². The molecular formula is C14H23IO2. The Hall–Kier alpha value is 0.200. The molecule has 0 amide bonds. The average Bonchev–Trinajstić information content (AvgIpc) is 2.69. The second-order valence-corrected chi connectivity index (χ2v) is 6.95. The first kappa shape index (κ1) is 13.6. The largest absolute Gasteiger partial charge is 0.451 e. The maximum atomic E-state index is 11.5. The van der Waals surface area contributed by atoms with Gasteiger partial charge in [-0.25, -0.2) is 4.79 Å². The summed E-state index contributed by atoms with van der Waals surface area (Å²) in [5.41, 5.74) is -0.173. The monoisotopic (exact) mass is 350 g/mol. The van der Waals surface area contributed by atoms with Crippen LogP contribution in [-0.2, 0) is 4.74 Å². The first-order chi connectivity index (χ1) is 8.04. The van der Waals surface area contributed by atoms with Crippen LogP contribution in [0.3, 0.4) is 0 Å². The van der Waals surface area contributed by atoms with Crippen LogP contribution in [0.2, 0.25) is 0 Å². The van der Waals surface area contributed by atoms with E-state index in [-0.39, 0.29) is 9.58 Å². The molecule has 0 aliphatic heterocycles. The predicted octanol–water partition coefficient (Wildman–Crippen LogP) is 4.94. The van der Waals surface area contributed by atoms with Gasteiger partial charge in [0.1, 0.15) is 5.60 Å². The molecule has 2 bridgehead atoms. The van der Waals surface area contributed by atoms with Crippen LogP contribution in [-0.4, -0.2) is 9.58 Å². The zero-order valence-electron chi connectivity index (χ0n) is 10.9. The van der Waals surface area contributed by atoms with Gasteiger partial charge in [0.2, 0.25) is 0 Å². The van der Waals surface area contributed by atoms with E-state index in [1.54, 1.807) is 22.6 Å². The molecule has 0 aromatic rings. The molecule has 3 heteroatoms. The van der Waals surface area contributed by atoms with Crippen molar-refractivity contribution in [2.45, 2.75) is 64.4 Å². The summed E-state index contributed by atoms with van der Waals surface area (Å²) in [5.74, 6) is 1.93. The highest BCUT2D eigenvalue weighted by Crippen LogP contribution is 2.49. The van der Waals surface area contributed by atoms with Crippen LogP contribution >= 0.6 is 22.6 Å². The molecule has 2 rings (SSSR count). The van der Waals surface area contributed by atoms with Gasteiger partial charge in [0.25, 0.3) is 0 Å². The number of ether oxygens (including phenoxy) is 1. The maximum absolute atomic E-state index is 11.5. The van der Waals surface area contributed by atoms with Gasteiger partial charge in [0.05, 0.1) is 22.6 Å². The molecule has 0 aromatic carbocycles. The zero-order chi connectivity index (χ0) is 12.5. The number of hydrogen-bond acceptors (Lipinski definition) is 2. The second-order valence-electron chi connectivity index (χ2n) is 6.07. The third-order valence-electron chi connectivity index (χ3n) is 4.91. The molecule has 2 aliphatic rings. The molecule has 0 radical (unpaired) electrons. The van der Waals surface area contributed by atoms with Crippen LogP contribution in [0.25, 0.3) is 0 Å². The Kier molecular flexibility index (Phi) is 4.37. The SMILES string of the molecule is CC(C)C1(OC(=O)I)CCCCC2CCC1C2. The fourth-order valence-electron chi connectivity index (χ4n) is 3.98. The van der Waals surface area contributed by atoms with Crippen molar-refractivity contribution < 1.29 is 9.53 Å². The number of carbonyl (C=O) groups excluding carboxylic acids is 1. The van der Waals surface area contributed by atoms with E-state index < -0.39 is 0 Å². The van der Waals surface area contributed by atoms with Gasteiger partial charge in [-0.1, -0.05) is 33.1 Å². The summed E-state index contributed by atoms with van der Waals surface area (Å²) < 4.78 is 5.73. The normalized spacial score (nSPS) is 37.6. The maximum Gasteiger partial charge on any atom is 0.367 e. The molecule has 2 fully saturated rings. The Bertz CT molecular complexity index is 290. The van der Waals surface area contributed by atoms with Crippen molar-refractivity contribution in [2.24, 2.45) is 17.8 Å². The van der Waals surface area contributed by atoms with Crippen molar-refractivity contribution >= 4 is 26.6 Å². The summed E-state index contributed by atoms with van der Waals surface area (Å²) in [5, 5.41) is 0. The van der Waals surface area contributed by atoms with Crippen molar-refractivity contribution in [3.8, 4) is 0 Å². The number of carbonyl (C=O) groups is 1. The van der Waals surface area contributed by atoms with Crippen LogP contribution in [0.1, 0.15) is 58.8 Å². The van der Waals surface area contributed by atoms with E-state index >= 15 is 0 Å². The van der Waals surface area contributed by atoms with E-state index in [9.17, 15) is 4.79 Å². The second kappa shape index (κ2) is 5.45. The Balaban J connectivity index is 2.23. The minimum Gasteiger partial charge on any atom is -0.451 e. The lowest BCUT2D eigenvalue weighted by molar-refractivity contribution is -0.0671. The van der Waals surface area contributed by atoms with E-state index in [0.717, 1.165) is 12.3 Å². The van der Waals surface area contributed by atoms with E-state index in [1.165, 1.54) is 38.5 Å². The molecule has 0 spiro atoms. The Morgan fingerprint density at radius 1 is 1.29 bits per heavy atom. The topological polar surface area (TPSA) is 26.3 Å². The minimum atomic E-state index is -0.173. The first-order valence-electron chi connectivity index (χ1n) is 6.93. The summed E-state index contributed by atoms with van der Waals surface area (Å²) >= 11 is 1.79. The number of rotatable bonds is 2. The molecular weight excluding hydrogens is 327 g/mol. The summed E-state index contributed by atoms with van der Waals surface area (Å²) in [6.07, 6.45) is 8.87. The number of fused-ring (bicyclic) bond motifs is 2. The lowest BCUT2D eigenvalue weighted by Gasteiger charge is -2.42. The molecule has 0 saturated heterocycles. The highest BCUT2D eigenvalue weighted by Gasteiger charge is 2.48. The van der Waals surface area contributed by atoms with Gasteiger partial charge in [-0.2, -0.15) is 0 Å². The lowest BCUT2D eigenvalue weighted by Crippen LogP contribution is -2.46. The smallest absolute Gasteiger partial charge is 0.367 e. The molecule has 0 heterocycles. The Labute approximate surface area is 118 Å². The highest BCUT2D eigenvalue weighted by molar-refractivity contribution is 14.1. The molecule has 2 saturated carbocycles. The van der Waals surface area contributed by atoms with Crippen molar-refractivity contribution in [3.05, 3.63) is 0 Å². The molecule has 2 aliphatic carbocycles. The first-order valence-corrected chi connectivity index (χ1v) is 8.01. The van der Waals surface area contributed by atoms with Crippen molar-refractivity contribution in [1.29, 1.82) is 0 Å². The molecule has 3 atom stereocenters. The van der Waals surface area contributed by atoms with Crippen LogP contribution < -0.4 is 0 Å². The zero-order valence-corrected chi connectivity index (χ0v) is 13.0. The Morgan fingerprint density at radius 2 is 2.06 bits per heavy atom. The van der Waals surface area contributed by atoms with Gasteiger partial charge in [-0.05, 0) is 43.4 Å². The standard InChI is InChI=1S/C14H23IO2/c1-10(2)14(17-13(15)16)8-4-3-5-11-6-7-12(14)9-11/h10-12H,3-9H2,1-2H3. The van der Waals surface area contributed by atoms with E-state index in [0.29, 0.717) is 11.8 Å². The molecule has 17 heavy (non-hydrogen) atoms. The molecule has 3 unspecified atom stereocenters. The molecule has 98 valence electrons.